The van der Waals surface area contributed by atoms with E-state index in [9.17, 15) is 9.59 Å². The second-order valence-electron chi connectivity index (χ2n) is 6.30. The van der Waals surface area contributed by atoms with E-state index < -0.39 is 10.9 Å². The molecule has 0 spiro atoms. The van der Waals surface area contributed by atoms with E-state index in [0.29, 0.717) is 12.2 Å². The molecule has 1 aromatic heterocycles. The number of hydrogen-bond acceptors (Lipinski definition) is 7. The quantitative estimate of drug-likeness (QED) is 0.533. The molecule has 1 aromatic carbocycles. The van der Waals surface area contributed by atoms with E-state index in [1.54, 1.807) is 0 Å². The number of nitrogens with zero attached hydrogens (tertiary/aromatic N) is 1. The lowest BCUT2D eigenvalue weighted by Crippen LogP contribution is -2.35. The molecule has 1 aliphatic rings. The number of anilines is 1. The first-order valence-electron chi connectivity index (χ1n) is 8.66. The van der Waals surface area contributed by atoms with Crippen molar-refractivity contribution in [2.45, 2.75) is 31.6 Å². The molecule has 136 valence electrons. The molecule has 0 saturated carbocycles. The maximum atomic E-state index is 11.4. The number of likely N-dealkylation sites (tertiary alicyclic amines) is 1. The van der Waals surface area contributed by atoms with Crippen LogP contribution < -0.4 is 20.9 Å². The monoisotopic (exact) mass is 380 g/mol. The number of rotatable bonds is 9. The smallest absolute Gasteiger partial charge is 0.271 e. The number of methoxy groups -OCH3 is 1. The van der Waals surface area contributed by atoms with E-state index in [2.05, 4.69) is 21.7 Å². The topological polar surface area (TPSA) is 58.6 Å². The minimum atomic E-state index is -0.530. The minimum Gasteiger partial charge on any atom is -0.491 e. The van der Waals surface area contributed by atoms with Gasteiger partial charge in [0.25, 0.3) is 10.9 Å². The summed E-state index contributed by atoms with van der Waals surface area (Å²) >= 11 is 3.68. The van der Waals surface area contributed by atoms with Crippen molar-refractivity contribution >= 4 is 28.8 Å². The van der Waals surface area contributed by atoms with Crippen LogP contribution in [0.3, 0.4) is 0 Å². The summed E-state index contributed by atoms with van der Waals surface area (Å²) in [4.78, 5) is 26.7. The van der Waals surface area contributed by atoms with E-state index in [0.717, 1.165) is 18.1 Å². The van der Waals surface area contributed by atoms with E-state index >= 15 is 0 Å². The summed E-state index contributed by atoms with van der Waals surface area (Å²) in [5.74, 6) is 2.01. The van der Waals surface area contributed by atoms with Crippen molar-refractivity contribution in [2.75, 3.05) is 37.8 Å². The molecule has 0 atom stereocenters. The van der Waals surface area contributed by atoms with Gasteiger partial charge in [0, 0.05) is 29.5 Å². The molecule has 0 aliphatic carbocycles. The predicted octanol–water partition coefficient (Wildman–Crippen LogP) is 2.68. The van der Waals surface area contributed by atoms with E-state index in [-0.39, 0.29) is 5.75 Å². The Hall–Kier alpha value is -1.31. The van der Waals surface area contributed by atoms with Crippen LogP contribution in [0.2, 0.25) is 0 Å². The van der Waals surface area contributed by atoms with Crippen LogP contribution in [-0.2, 0) is 12.3 Å². The van der Waals surface area contributed by atoms with Crippen LogP contribution in [0.25, 0.3) is 0 Å². The molecule has 2 aromatic rings. The lowest BCUT2D eigenvalue weighted by Gasteiger charge is -2.25. The first kappa shape index (κ1) is 18.5. The molecular formula is C18H24N2O3S2. The van der Waals surface area contributed by atoms with Gasteiger partial charge in [0.05, 0.1) is 7.11 Å². The van der Waals surface area contributed by atoms with Gasteiger partial charge in [0.2, 0.25) is 0 Å². The van der Waals surface area contributed by atoms with Gasteiger partial charge in [-0.3, -0.25) is 14.5 Å². The van der Waals surface area contributed by atoms with Crippen LogP contribution in [0.4, 0.5) is 5.69 Å². The van der Waals surface area contributed by atoms with Crippen molar-refractivity contribution in [2.24, 2.45) is 0 Å². The molecule has 2 heterocycles. The van der Waals surface area contributed by atoms with Gasteiger partial charge in [-0.05, 0) is 42.9 Å². The second-order valence-corrected chi connectivity index (χ2v) is 8.40. The molecule has 1 fully saturated rings. The summed E-state index contributed by atoms with van der Waals surface area (Å²) in [6, 6.07) is 2.32. The Balaban J connectivity index is 1.36. The average molecular weight is 381 g/mol. The zero-order valence-corrected chi connectivity index (χ0v) is 16.1. The summed E-state index contributed by atoms with van der Waals surface area (Å²) in [6.45, 7) is 4.19. The molecule has 25 heavy (non-hydrogen) atoms. The fraction of sp³-hybridized carbons (Fsp3) is 0.556. The first-order chi connectivity index (χ1) is 12.2. The highest BCUT2D eigenvalue weighted by Crippen LogP contribution is 2.23. The Morgan fingerprint density at radius 3 is 2.80 bits per heavy atom. The van der Waals surface area contributed by atoms with Gasteiger partial charge in [-0.25, -0.2) is 0 Å². The SMILES string of the molecule is COc1c(NCCSCc2csc(CN3CCCCC3)c2)c(=O)c1=O. The predicted molar refractivity (Wildman–Crippen MR) is 106 cm³/mol. The minimum absolute atomic E-state index is 0.162. The van der Waals surface area contributed by atoms with Crippen LogP contribution in [-0.4, -0.2) is 37.4 Å². The van der Waals surface area contributed by atoms with Crippen LogP contribution in [0.15, 0.2) is 21.0 Å². The summed E-state index contributed by atoms with van der Waals surface area (Å²) in [7, 11) is 1.41. The standard InChI is InChI=1S/C18H24N2O3S2/c1-23-18-15(16(21)17(18)22)19-5-8-24-11-13-9-14(25-12-13)10-20-6-3-2-4-7-20/h9,12,19H,2-8,10-11H2,1H3. The van der Waals surface area contributed by atoms with Crippen molar-refractivity contribution in [3.63, 3.8) is 0 Å². The highest BCUT2D eigenvalue weighted by atomic mass is 32.2. The number of nitrogens with one attached hydrogen (secondary N) is 1. The highest BCUT2D eigenvalue weighted by Gasteiger charge is 2.20. The zero-order valence-electron chi connectivity index (χ0n) is 14.5. The molecule has 0 unspecified atom stereocenters. The number of piperidine rings is 1. The van der Waals surface area contributed by atoms with E-state index in [4.69, 9.17) is 4.74 Å². The number of thioether (sulfide) groups is 1. The largest absolute Gasteiger partial charge is 0.491 e. The average Bonchev–Trinajstić information content (AvgIpc) is 3.08. The molecule has 0 amide bonds. The fourth-order valence-corrected chi connectivity index (χ4v) is 4.92. The lowest BCUT2D eigenvalue weighted by atomic mass is 10.1. The lowest BCUT2D eigenvalue weighted by molar-refractivity contribution is 0.222. The van der Waals surface area contributed by atoms with Gasteiger partial charge in [-0.2, -0.15) is 11.8 Å². The van der Waals surface area contributed by atoms with Gasteiger partial charge >= 0.3 is 0 Å². The van der Waals surface area contributed by atoms with E-state index in [1.165, 1.54) is 49.9 Å². The van der Waals surface area contributed by atoms with Gasteiger partial charge < -0.3 is 10.1 Å². The Labute approximate surface area is 156 Å². The third-order valence-corrected chi connectivity index (χ3v) is 6.42. The van der Waals surface area contributed by atoms with Gasteiger partial charge in [0.15, 0.2) is 5.75 Å². The summed E-state index contributed by atoms with van der Waals surface area (Å²) in [6.07, 6.45) is 4.03. The molecule has 0 bridgehead atoms. The molecule has 0 radical (unpaired) electrons. The third-order valence-electron chi connectivity index (χ3n) is 4.42. The van der Waals surface area contributed by atoms with Crippen molar-refractivity contribution in [1.29, 1.82) is 0 Å². The highest BCUT2D eigenvalue weighted by molar-refractivity contribution is 7.98. The van der Waals surface area contributed by atoms with Crippen LogP contribution in [0.5, 0.6) is 5.75 Å². The van der Waals surface area contributed by atoms with Crippen LogP contribution in [0.1, 0.15) is 29.7 Å². The van der Waals surface area contributed by atoms with Crippen LogP contribution in [0, 0.1) is 0 Å². The molecule has 1 saturated heterocycles. The van der Waals surface area contributed by atoms with Crippen molar-refractivity contribution in [1.82, 2.24) is 4.90 Å². The number of hydrogen-bond donors (Lipinski definition) is 1. The molecule has 7 heteroatoms. The first-order valence-corrected chi connectivity index (χ1v) is 10.7. The van der Waals surface area contributed by atoms with Crippen molar-refractivity contribution in [3.05, 3.63) is 42.3 Å². The van der Waals surface area contributed by atoms with Gasteiger partial charge in [-0.1, -0.05) is 6.42 Å². The summed E-state index contributed by atoms with van der Waals surface area (Å²) in [5.41, 5.74) is 0.695. The molecule has 3 rings (SSSR count). The molecular weight excluding hydrogens is 356 g/mol. The Morgan fingerprint density at radius 1 is 1.24 bits per heavy atom. The second kappa shape index (κ2) is 8.87. The van der Waals surface area contributed by atoms with Crippen LogP contribution >= 0.6 is 23.1 Å². The summed E-state index contributed by atoms with van der Waals surface area (Å²) < 4.78 is 4.91. The molecule has 1 aliphatic heterocycles. The van der Waals surface area contributed by atoms with Gasteiger partial charge in [0.1, 0.15) is 5.69 Å². The molecule has 1 N–H and O–H groups in total. The van der Waals surface area contributed by atoms with Crippen molar-refractivity contribution in [3.8, 4) is 5.75 Å². The zero-order chi connectivity index (χ0) is 17.6. The third kappa shape index (κ3) is 4.65. The fourth-order valence-electron chi connectivity index (χ4n) is 3.09. The maximum absolute atomic E-state index is 11.4. The van der Waals surface area contributed by atoms with Gasteiger partial charge in [-0.15, -0.1) is 11.3 Å². The Kier molecular flexibility index (Phi) is 6.56. The Bertz CT molecular complexity index is 759. The maximum Gasteiger partial charge on any atom is 0.271 e. The normalized spacial score (nSPS) is 15.6. The Morgan fingerprint density at radius 2 is 2.04 bits per heavy atom. The number of thiophene rings is 1. The summed E-state index contributed by atoms with van der Waals surface area (Å²) in [5, 5.41) is 5.25. The molecule has 5 nitrogen and oxygen atoms in total. The number of ether oxygens (including phenoxy) is 1. The van der Waals surface area contributed by atoms with E-state index in [1.807, 2.05) is 23.1 Å². The van der Waals surface area contributed by atoms with Crippen molar-refractivity contribution < 1.29 is 4.74 Å².